The summed E-state index contributed by atoms with van der Waals surface area (Å²) < 4.78 is 36.2. The first-order chi connectivity index (χ1) is 6.03. The molecule has 1 aromatic rings. The zero-order valence-electron chi connectivity index (χ0n) is 6.37. The molecule has 0 aliphatic rings. The highest BCUT2D eigenvalue weighted by Gasteiger charge is 2.08. The normalized spacial score (nSPS) is 11.2. The summed E-state index contributed by atoms with van der Waals surface area (Å²) in [6, 6.07) is 3.86. The molecule has 0 bridgehead atoms. The summed E-state index contributed by atoms with van der Waals surface area (Å²) in [7, 11) is -3.45. The molecule has 72 valence electrons. The van der Waals surface area contributed by atoms with Crippen LogP contribution >= 0.6 is 15.9 Å². The van der Waals surface area contributed by atoms with E-state index in [4.69, 9.17) is 0 Å². The number of hydrogen-bond acceptors (Lipinski definition) is 3. The molecule has 0 aliphatic heterocycles. The molecule has 0 amide bonds. The number of hydrogen-bond donors (Lipinski definition) is 1. The molecule has 0 radical (unpaired) electrons. The predicted octanol–water partition coefficient (Wildman–Crippen LogP) is 1.31. The minimum atomic E-state index is -3.45. The predicted molar refractivity (Wildman–Crippen MR) is 50.5 cm³/mol. The van der Waals surface area contributed by atoms with Crippen LogP contribution in [0, 0.1) is 5.95 Å². The average Bonchev–Trinajstić information content (AvgIpc) is 2.03. The molecule has 7 heteroatoms. The van der Waals surface area contributed by atoms with Crippen LogP contribution < -0.4 is 4.72 Å². The van der Waals surface area contributed by atoms with Gasteiger partial charge >= 0.3 is 0 Å². The van der Waals surface area contributed by atoms with E-state index in [1.54, 1.807) is 0 Å². The summed E-state index contributed by atoms with van der Waals surface area (Å²) in [4.78, 5) is 3.33. The molecule has 13 heavy (non-hydrogen) atoms. The van der Waals surface area contributed by atoms with Gasteiger partial charge in [-0.05, 0) is 12.1 Å². The second-order valence-corrected chi connectivity index (χ2v) is 5.20. The Labute approximate surface area is 83.4 Å². The van der Waals surface area contributed by atoms with Gasteiger partial charge in [0.25, 0.3) is 0 Å². The van der Waals surface area contributed by atoms with Crippen molar-refractivity contribution in [2.75, 3.05) is 9.38 Å². The summed E-state index contributed by atoms with van der Waals surface area (Å²) in [5.41, 5.74) is 0. The second-order valence-electron chi connectivity index (χ2n) is 2.17. The molecule has 0 aromatic carbocycles. The first-order valence-electron chi connectivity index (χ1n) is 3.22. The summed E-state index contributed by atoms with van der Waals surface area (Å²) in [6.45, 7) is 0. The fraction of sp³-hybridized carbons (Fsp3) is 0.167. The number of rotatable bonds is 3. The van der Waals surface area contributed by atoms with Crippen LogP contribution in [0.25, 0.3) is 0 Å². The van der Waals surface area contributed by atoms with Crippen molar-refractivity contribution in [1.29, 1.82) is 0 Å². The van der Waals surface area contributed by atoms with Crippen molar-refractivity contribution >= 4 is 31.8 Å². The lowest BCUT2D eigenvalue weighted by Crippen LogP contribution is -2.14. The zero-order valence-corrected chi connectivity index (χ0v) is 8.77. The molecular weight excluding hydrogens is 263 g/mol. The van der Waals surface area contributed by atoms with Crippen LogP contribution in [0.3, 0.4) is 0 Å². The fourth-order valence-electron chi connectivity index (χ4n) is 0.652. The summed E-state index contributed by atoms with van der Waals surface area (Å²) >= 11 is 2.77. The van der Waals surface area contributed by atoms with Crippen LogP contribution in [-0.2, 0) is 10.0 Å². The first kappa shape index (κ1) is 10.4. The van der Waals surface area contributed by atoms with Gasteiger partial charge in [0.2, 0.25) is 16.0 Å². The highest BCUT2D eigenvalue weighted by atomic mass is 79.9. The third-order valence-corrected chi connectivity index (χ3v) is 3.73. The van der Waals surface area contributed by atoms with Gasteiger partial charge in [0, 0.05) is 0 Å². The SMILES string of the molecule is O=S(=O)(CBr)Nc1cccc(F)n1. The quantitative estimate of drug-likeness (QED) is 0.665. The van der Waals surface area contributed by atoms with Crippen molar-refractivity contribution < 1.29 is 12.8 Å². The van der Waals surface area contributed by atoms with E-state index in [0.717, 1.165) is 6.07 Å². The van der Waals surface area contributed by atoms with Gasteiger partial charge in [-0.3, -0.25) is 4.72 Å². The van der Waals surface area contributed by atoms with Gasteiger partial charge in [-0.1, -0.05) is 22.0 Å². The summed E-state index contributed by atoms with van der Waals surface area (Å²) in [5.74, 6) is -0.755. The molecule has 0 unspecified atom stereocenters. The Morgan fingerprint density at radius 3 is 2.77 bits per heavy atom. The molecule has 1 rings (SSSR count). The highest BCUT2D eigenvalue weighted by molar-refractivity contribution is 9.10. The van der Waals surface area contributed by atoms with Crippen LogP contribution in [0.1, 0.15) is 0 Å². The number of halogens is 2. The summed E-state index contributed by atoms with van der Waals surface area (Å²) in [6.07, 6.45) is 0. The van der Waals surface area contributed by atoms with Crippen LogP contribution in [0.4, 0.5) is 10.2 Å². The molecule has 0 fully saturated rings. The Bertz CT molecular complexity index is 395. The van der Waals surface area contributed by atoms with Crippen molar-refractivity contribution in [2.45, 2.75) is 0 Å². The molecule has 0 saturated heterocycles. The van der Waals surface area contributed by atoms with E-state index < -0.39 is 16.0 Å². The fourth-order valence-corrected chi connectivity index (χ4v) is 1.48. The van der Waals surface area contributed by atoms with Gasteiger partial charge < -0.3 is 0 Å². The van der Waals surface area contributed by atoms with Gasteiger partial charge in [-0.2, -0.15) is 4.39 Å². The number of nitrogens with zero attached hydrogens (tertiary/aromatic N) is 1. The highest BCUT2D eigenvalue weighted by Crippen LogP contribution is 2.07. The minimum Gasteiger partial charge on any atom is -0.267 e. The Kier molecular flexibility index (Phi) is 3.21. The van der Waals surface area contributed by atoms with Crippen LogP contribution in [-0.4, -0.2) is 18.1 Å². The van der Waals surface area contributed by atoms with Gasteiger partial charge in [0.15, 0.2) is 0 Å². The van der Waals surface area contributed by atoms with Gasteiger partial charge in [-0.15, -0.1) is 0 Å². The van der Waals surface area contributed by atoms with E-state index in [9.17, 15) is 12.8 Å². The maximum Gasteiger partial charge on any atom is 0.243 e. The zero-order chi connectivity index (χ0) is 9.90. The molecule has 0 saturated carbocycles. The number of nitrogens with one attached hydrogen (secondary N) is 1. The number of aromatic nitrogens is 1. The molecule has 1 N–H and O–H groups in total. The Hall–Kier alpha value is -0.690. The van der Waals surface area contributed by atoms with Gasteiger partial charge in [0.1, 0.15) is 10.5 Å². The van der Waals surface area contributed by atoms with Crippen molar-refractivity contribution in [1.82, 2.24) is 4.98 Å². The maximum atomic E-state index is 12.5. The average molecular weight is 269 g/mol. The lowest BCUT2D eigenvalue weighted by molar-refractivity contribution is 0.585. The monoisotopic (exact) mass is 268 g/mol. The molecule has 1 aromatic heterocycles. The third kappa shape index (κ3) is 3.27. The van der Waals surface area contributed by atoms with E-state index in [1.807, 2.05) is 0 Å². The smallest absolute Gasteiger partial charge is 0.243 e. The van der Waals surface area contributed by atoms with Crippen molar-refractivity contribution in [2.24, 2.45) is 0 Å². The molecule has 0 spiro atoms. The largest absolute Gasteiger partial charge is 0.267 e. The van der Waals surface area contributed by atoms with E-state index in [2.05, 4.69) is 25.6 Å². The van der Waals surface area contributed by atoms with Gasteiger partial charge in [-0.25, -0.2) is 13.4 Å². The molecule has 0 aliphatic carbocycles. The molecule has 0 atom stereocenters. The molecule has 4 nitrogen and oxygen atoms in total. The molecular formula is C6H6BrFN2O2S. The van der Waals surface area contributed by atoms with E-state index >= 15 is 0 Å². The van der Waals surface area contributed by atoms with Crippen molar-refractivity contribution in [3.63, 3.8) is 0 Å². The Morgan fingerprint density at radius 2 is 2.23 bits per heavy atom. The standard InChI is InChI=1S/C6H6BrFN2O2S/c7-4-13(11,12)10-6-3-1-2-5(8)9-6/h1-3H,4H2,(H,9,10). The first-order valence-corrected chi connectivity index (χ1v) is 6.00. The van der Waals surface area contributed by atoms with Crippen LogP contribution in [0.2, 0.25) is 0 Å². The third-order valence-electron chi connectivity index (χ3n) is 1.12. The number of sulfonamides is 1. The number of pyridine rings is 1. The van der Waals surface area contributed by atoms with E-state index in [0.29, 0.717) is 0 Å². The van der Waals surface area contributed by atoms with E-state index in [-0.39, 0.29) is 10.5 Å². The van der Waals surface area contributed by atoms with Gasteiger partial charge in [0.05, 0.1) is 0 Å². The second kappa shape index (κ2) is 4.01. The van der Waals surface area contributed by atoms with Crippen LogP contribution in [0.15, 0.2) is 18.2 Å². The number of alkyl halides is 1. The molecule has 1 heterocycles. The maximum absolute atomic E-state index is 12.5. The topological polar surface area (TPSA) is 59.1 Å². The van der Waals surface area contributed by atoms with Crippen LogP contribution in [0.5, 0.6) is 0 Å². The van der Waals surface area contributed by atoms with E-state index in [1.165, 1.54) is 12.1 Å². The van der Waals surface area contributed by atoms with Crippen molar-refractivity contribution in [3.05, 3.63) is 24.1 Å². The van der Waals surface area contributed by atoms with Crippen molar-refractivity contribution in [3.8, 4) is 0 Å². The Balaban J connectivity index is 2.87. The lowest BCUT2D eigenvalue weighted by Gasteiger charge is -2.02. The number of anilines is 1. The summed E-state index contributed by atoms with van der Waals surface area (Å²) in [5, 5.41) is 0. The minimum absolute atomic E-state index is 0.0283. The Morgan fingerprint density at radius 1 is 1.54 bits per heavy atom. The lowest BCUT2D eigenvalue weighted by atomic mass is 10.5.